The average molecular weight is 345 g/mol. The number of benzene rings is 1. The fraction of sp³-hybridized carbons (Fsp3) is 0.579. The Labute approximate surface area is 148 Å². The molecule has 0 aliphatic carbocycles. The van der Waals surface area contributed by atoms with Crippen molar-refractivity contribution in [1.82, 2.24) is 14.3 Å². The van der Waals surface area contributed by atoms with E-state index in [-0.39, 0.29) is 23.8 Å². The van der Waals surface area contributed by atoms with Crippen LogP contribution in [0.25, 0.3) is 5.69 Å². The maximum atomic E-state index is 13.1. The van der Waals surface area contributed by atoms with Crippen molar-refractivity contribution in [3.05, 3.63) is 40.1 Å². The highest BCUT2D eigenvalue weighted by molar-refractivity contribution is 5.53. The molecule has 1 atom stereocenters. The lowest BCUT2D eigenvalue weighted by Crippen LogP contribution is -2.36. The number of rotatable bonds is 3. The molecule has 136 valence electrons. The summed E-state index contributed by atoms with van der Waals surface area (Å²) in [5.41, 5.74) is 0.826. The zero-order valence-electron chi connectivity index (χ0n) is 15.8. The Bertz CT molecular complexity index is 852. The Kier molecular flexibility index (Phi) is 4.06. The lowest BCUT2D eigenvalue weighted by atomic mass is 9.86. The average Bonchev–Trinajstić information content (AvgIpc) is 2.86. The number of ether oxygens (including phenoxy) is 1. The van der Waals surface area contributed by atoms with Crippen LogP contribution in [0.1, 0.15) is 65.4 Å². The second-order valence-corrected chi connectivity index (χ2v) is 8.18. The summed E-state index contributed by atoms with van der Waals surface area (Å²) in [7, 11) is 0. The number of aromatic nitrogens is 3. The van der Waals surface area contributed by atoms with E-state index in [1.54, 1.807) is 4.57 Å². The van der Waals surface area contributed by atoms with E-state index in [1.165, 1.54) is 4.68 Å². The third kappa shape index (κ3) is 2.78. The molecule has 0 amide bonds. The van der Waals surface area contributed by atoms with Crippen molar-refractivity contribution in [1.29, 1.82) is 0 Å². The van der Waals surface area contributed by atoms with Crippen LogP contribution in [0.3, 0.4) is 0 Å². The Balaban J connectivity index is 2.29. The van der Waals surface area contributed by atoms with Crippen LogP contribution in [0, 0.1) is 0 Å². The fourth-order valence-electron chi connectivity index (χ4n) is 3.17. The van der Waals surface area contributed by atoms with Crippen molar-refractivity contribution in [3.8, 4) is 11.4 Å². The van der Waals surface area contributed by atoms with E-state index in [9.17, 15) is 9.90 Å². The summed E-state index contributed by atoms with van der Waals surface area (Å²) in [5.74, 6) is 1.23. The summed E-state index contributed by atoms with van der Waals surface area (Å²) in [6.07, 6.45) is 0.628. The van der Waals surface area contributed by atoms with Crippen LogP contribution in [0.5, 0.6) is 5.75 Å². The minimum atomic E-state index is -0.728. The van der Waals surface area contributed by atoms with Gasteiger partial charge in [-0.1, -0.05) is 33.8 Å². The van der Waals surface area contributed by atoms with Crippen molar-refractivity contribution < 1.29 is 9.84 Å². The Morgan fingerprint density at radius 2 is 2.00 bits per heavy atom. The second kappa shape index (κ2) is 5.73. The van der Waals surface area contributed by atoms with E-state index >= 15 is 0 Å². The normalized spacial score (nSPS) is 16.8. The van der Waals surface area contributed by atoms with E-state index in [2.05, 4.69) is 25.9 Å². The molecule has 6 nitrogen and oxygen atoms in total. The highest BCUT2D eigenvalue weighted by Gasteiger charge is 2.38. The smallest absolute Gasteiger partial charge is 0.351 e. The number of nitrogens with zero attached hydrogens (tertiary/aromatic N) is 3. The summed E-state index contributed by atoms with van der Waals surface area (Å²) in [6.45, 7) is 12.0. The molecule has 0 saturated heterocycles. The lowest BCUT2D eigenvalue weighted by Gasteiger charge is -2.32. The van der Waals surface area contributed by atoms with Crippen molar-refractivity contribution in [2.45, 2.75) is 65.0 Å². The molecule has 1 aromatic heterocycles. The van der Waals surface area contributed by atoms with E-state index in [4.69, 9.17) is 4.74 Å². The zero-order valence-corrected chi connectivity index (χ0v) is 15.8. The molecule has 0 bridgehead atoms. The predicted octanol–water partition coefficient (Wildman–Crippen LogP) is 2.90. The van der Waals surface area contributed by atoms with Gasteiger partial charge in [-0.25, -0.2) is 14.0 Å². The first-order valence-corrected chi connectivity index (χ1v) is 8.77. The molecule has 6 heteroatoms. The van der Waals surface area contributed by atoms with E-state index in [1.807, 2.05) is 39.0 Å². The summed E-state index contributed by atoms with van der Waals surface area (Å²) in [5, 5.41) is 14.1. The van der Waals surface area contributed by atoms with Crippen molar-refractivity contribution >= 4 is 0 Å². The Morgan fingerprint density at radius 1 is 1.32 bits per heavy atom. The molecule has 0 radical (unpaired) electrons. The molecule has 2 heterocycles. The molecule has 1 aliphatic rings. The standard InChI is InChI=1S/C19H27N3O3/c1-7-13(11-23)22-17(24)21-14-10-12(18(2,3)4)8-9-15(14)25-19(5,6)16(21)20-22/h8-10,13,23H,7,11H2,1-6H3. The summed E-state index contributed by atoms with van der Waals surface area (Å²) in [6, 6.07) is 5.63. The molecule has 0 spiro atoms. The highest BCUT2D eigenvalue weighted by atomic mass is 16.5. The monoisotopic (exact) mass is 345 g/mol. The summed E-state index contributed by atoms with van der Waals surface area (Å²) >= 11 is 0. The van der Waals surface area contributed by atoms with Gasteiger partial charge in [-0.2, -0.15) is 0 Å². The van der Waals surface area contributed by atoms with Crippen LogP contribution >= 0.6 is 0 Å². The molecule has 1 aliphatic heterocycles. The fourth-order valence-corrected chi connectivity index (χ4v) is 3.17. The molecule has 0 fully saturated rings. The van der Waals surface area contributed by atoms with Gasteiger partial charge in [0.05, 0.1) is 18.3 Å². The van der Waals surface area contributed by atoms with Crippen LogP contribution in [-0.4, -0.2) is 26.1 Å². The summed E-state index contributed by atoms with van der Waals surface area (Å²) < 4.78 is 9.15. The van der Waals surface area contributed by atoms with Crippen LogP contribution in [0.2, 0.25) is 0 Å². The van der Waals surface area contributed by atoms with Gasteiger partial charge in [-0.05, 0) is 43.4 Å². The van der Waals surface area contributed by atoms with Gasteiger partial charge < -0.3 is 9.84 Å². The molecule has 3 rings (SSSR count). The van der Waals surface area contributed by atoms with Gasteiger partial charge in [0.2, 0.25) is 0 Å². The highest BCUT2D eigenvalue weighted by Crippen LogP contribution is 2.39. The largest absolute Gasteiger partial charge is 0.478 e. The zero-order chi connectivity index (χ0) is 18.6. The van der Waals surface area contributed by atoms with Gasteiger partial charge in [0.1, 0.15) is 5.75 Å². The van der Waals surface area contributed by atoms with Crippen LogP contribution in [0.4, 0.5) is 0 Å². The molecule has 25 heavy (non-hydrogen) atoms. The van der Waals surface area contributed by atoms with E-state index in [0.29, 0.717) is 23.7 Å². The van der Waals surface area contributed by atoms with Gasteiger partial charge in [0, 0.05) is 0 Å². The number of hydrogen-bond donors (Lipinski definition) is 1. The first kappa shape index (κ1) is 17.7. The number of aliphatic hydroxyl groups excluding tert-OH is 1. The topological polar surface area (TPSA) is 69.3 Å². The second-order valence-electron chi connectivity index (χ2n) is 8.18. The van der Waals surface area contributed by atoms with Crippen molar-refractivity contribution in [3.63, 3.8) is 0 Å². The van der Waals surface area contributed by atoms with Crippen molar-refractivity contribution in [2.75, 3.05) is 6.61 Å². The first-order chi connectivity index (χ1) is 11.6. The quantitative estimate of drug-likeness (QED) is 0.929. The van der Waals surface area contributed by atoms with Gasteiger partial charge in [-0.3, -0.25) is 0 Å². The van der Waals surface area contributed by atoms with Gasteiger partial charge in [0.15, 0.2) is 11.4 Å². The van der Waals surface area contributed by atoms with Crippen molar-refractivity contribution in [2.24, 2.45) is 0 Å². The van der Waals surface area contributed by atoms with Crippen LogP contribution in [0.15, 0.2) is 23.0 Å². The third-order valence-electron chi connectivity index (χ3n) is 4.80. The summed E-state index contributed by atoms with van der Waals surface area (Å²) in [4.78, 5) is 13.1. The van der Waals surface area contributed by atoms with E-state index in [0.717, 1.165) is 5.56 Å². The molecule has 2 aromatic rings. The number of aliphatic hydroxyl groups is 1. The van der Waals surface area contributed by atoms with Gasteiger partial charge >= 0.3 is 5.69 Å². The predicted molar refractivity (Wildman–Crippen MR) is 96.6 cm³/mol. The lowest BCUT2D eigenvalue weighted by molar-refractivity contribution is 0.0855. The van der Waals surface area contributed by atoms with Crippen LogP contribution in [-0.2, 0) is 11.0 Å². The molecule has 1 aromatic carbocycles. The minimum Gasteiger partial charge on any atom is -0.478 e. The SMILES string of the molecule is CCC(CO)n1nc2n(c1=O)-c1cc(C(C)(C)C)ccc1OC2(C)C. The molecule has 1 N–H and O–H groups in total. The molecular weight excluding hydrogens is 318 g/mol. The molecular formula is C19H27N3O3. The maximum absolute atomic E-state index is 13.1. The first-order valence-electron chi connectivity index (χ1n) is 8.77. The minimum absolute atomic E-state index is 0.0428. The molecule has 1 unspecified atom stereocenters. The molecule has 0 saturated carbocycles. The maximum Gasteiger partial charge on any atom is 0.351 e. The van der Waals surface area contributed by atoms with Gasteiger partial charge in [0.25, 0.3) is 0 Å². The van der Waals surface area contributed by atoms with Gasteiger partial charge in [-0.15, -0.1) is 5.10 Å². The Hall–Kier alpha value is -2.08. The Morgan fingerprint density at radius 3 is 2.56 bits per heavy atom. The van der Waals surface area contributed by atoms with Crippen LogP contribution < -0.4 is 10.4 Å². The number of fused-ring (bicyclic) bond motifs is 3. The van der Waals surface area contributed by atoms with E-state index < -0.39 is 5.60 Å². The number of hydrogen-bond acceptors (Lipinski definition) is 4. The third-order valence-corrected chi connectivity index (χ3v) is 4.80.